The minimum atomic E-state index is 0.0154. The number of amides is 2. The van der Waals surface area contributed by atoms with Crippen LogP contribution in [0.4, 0.5) is 0 Å². The van der Waals surface area contributed by atoms with Crippen molar-refractivity contribution >= 4 is 33.4 Å². The Morgan fingerprint density at radius 2 is 1.07 bits per heavy atom. The Morgan fingerprint density at radius 1 is 0.714 bits per heavy atom. The molecule has 150 valence electrons. The van der Waals surface area contributed by atoms with Crippen LogP contribution < -0.4 is 10.6 Å². The van der Waals surface area contributed by atoms with Crippen LogP contribution in [0.1, 0.15) is 49.9 Å². The minimum absolute atomic E-state index is 0.0154. The van der Waals surface area contributed by atoms with E-state index >= 15 is 0 Å². The summed E-state index contributed by atoms with van der Waals surface area (Å²) >= 11 is 0. The third-order valence-corrected chi connectivity index (χ3v) is 6.67. The summed E-state index contributed by atoms with van der Waals surface area (Å²) in [5.41, 5.74) is 2.21. The van der Waals surface area contributed by atoms with Gasteiger partial charge in [0.05, 0.1) is 12.1 Å². The Morgan fingerprint density at radius 3 is 1.43 bits per heavy atom. The molecule has 4 nitrogen and oxygen atoms in total. The number of hydrogen-bond acceptors (Lipinski definition) is 4. The first-order valence-electron chi connectivity index (χ1n) is 9.49. The number of rotatable bonds is 11. The highest BCUT2D eigenvalue weighted by Crippen LogP contribution is 2.23. The lowest BCUT2D eigenvalue weighted by Crippen LogP contribution is -2.27. The highest BCUT2D eigenvalue weighted by molar-refractivity contribution is 8.76. The zero-order valence-corrected chi connectivity index (χ0v) is 18.0. The normalized spacial score (nSPS) is 12.8. The van der Waals surface area contributed by atoms with Crippen LogP contribution in [0, 0.1) is 0 Å². The lowest BCUT2D eigenvalue weighted by Gasteiger charge is -2.14. The molecule has 0 aliphatic rings. The van der Waals surface area contributed by atoms with Crippen LogP contribution in [0.2, 0.25) is 0 Å². The summed E-state index contributed by atoms with van der Waals surface area (Å²) in [6.45, 7) is 3.98. The molecule has 0 radical (unpaired) electrons. The quantitative estimate of drug-likeness (QED) is 0.404. The van der Waals surface area contributed by atoms with Crippen LogP contribution in [0.25, 0.3) is 0 Å². The molecule has 2 atom stereocenters. The third kappa shape index (κ3) is 8.40. The summed E-state index contributed by atoms with van der Waals surface area (Å²) in [4.78, 5) is 24.1. The van der Waals surface area contributed by atoms with Crippen molar-refractivity contribution in [3.05, 3.63) is 71.8 Å². The lowest BCUT2D eigenvalue weighted by atomic mass is 10.1. The number of hydrogen-bond donors (Lipinski definition) is 2. The van der Waals surface area contributed by atoms with E-state index in [0.29, 0.717) is 12.8 Å². The molecule has 2 rings (SSSR count). The van der Waals surface area contributed by atoms with E-state index in [1.54, 1.807) is 21.6 Å². The molecule has 0 aromatic heterocycles. The molecular formula is C22H28N2O2S2. The summed E-state index contributed by atoms with van der Waals surface area (Å²) in [6, 6.07) is 19.9. The molecule has 2 aromatic rings. The van der Waals surface area contributed by atoms with Crippen LogP contribution >= 0.6 is 21.6 Å². The fourth-order valence-corrected chi connectivity index (χ4v) is 4.64. The summed E-state index contributed by atoms with van der Waals surface area (Å²) in [5.74, 6) is 1.58. The molecule has 0 aliphatic carbocycles. The standard InChI is InChI=1S/C22H28N2O2S2/c1-17(19-9-5-3-6-10-19)23-21(25)13-15-27-28-16-14-22(26)24-18(2)20-11-7-4-8-12-20/h3-12,17-18H,13-16H2,1-2H3,(H,23,25)(H,24,26)/t17-,18-/m0/s1. The molecular weight excluding hydrogens is 388 g/mol. The molecule has 28 heavy (non-hydrogen) atoms. The van der Waals surface area contributed by atoms with Gasteiger partial charge in [0.15, 0.2) is 0 Å². The molecule has 0 spiro atoms. The van der Waals surface area contributed by atoms with Crippen LogP contribution in [0.5, 0.6) is 0 Å². The van der Waals surface area contributed by atoms with E-state index < -0.39 is 0 Å². The average molecular weight is 417 g/mol. The first-order valence-corrected chi connectivity index (χ1v) is 12.0. The predicted octanol–water partition coefficient (Wildman–Crippen LogP) is 4.90. The SMILES string of the molecule is C[C@H](NC(=O)CCSSCCC(=O)N[C@@H](C)c1ccccc1)c1ccccc1. The number of nitrogens with one attached hydrogen (secondary N) is 2. The van der Waals surface area contributed by atoms with Gasteiger partial charge in [0.1, 0.15) is 0 Å². The van der Waals surface area contributed by atoms with Crippen molar-refractivity contribution in [1.29, 1.82) is 0 Å². The predicted molar refractivity (Wildman–Crippen MR) is 120 cm³/mol. The topological polar surface area (TPSA) is 58.2 Å². The van der Waals surface area contributed by atoms with E-state index in [1.165, 1.54) is 0 Å². The van der Waals surface area contributed by atoms with Crippen LogP contribution in [-0.2, 0) is 9.59 Å². The minimum Gasteiger partial charge on any atom is -0.350 e. The molecule has 0 saturated heterocycles. The maximum absolute atomic E-state index is 12.0. The smallest absolute Gasteiger partial charge is 0.221 e. The zero-order chi connectivity index (χ0) is 20.2. The Labute approximate surface area is 175 Å². The second-order valence-corrected chi connectivity index (χ2v) is 9.25. The zero-order valence-electron chi connectivity index (χ0n) is 16.4. The molecule has 0 fully saturated rings. The van der Waals surface area contributed by atoms with Crippen molar-refractivity contribution in [2.24, 2.45) is 0 Å². The van der Waals surface area contributed by atoms with E-state index in [-0.39, 0.29) is 23.9 Å². The monoisotopic (exact) mass is 416 g/mol. The van der Waals surface area contributed by atoms with Gasteiger partial charge in [-0.05, 0) is 25.0 Å². The number of benzene rings is 2. The van der Waals surface area contributed by atoms with Gasteiger partial charge in [-0.25, -0.2) is 0 Å². The maximum atomic E-state index is 12.0. The Hall–Kier alpha value is -1.92. The molecule has 6 heteroatoms. The second-order valence-electron chi connectivity index (χ2n) is 6.54. The van der Waals surface area contributed by atoms with Crippen molar-refractivity contribution in [1.82, 2.24) is 10.6 Å². The third-order valence-electron chi connectivity index (χ3n) is 4.26. The molecule has 0 unspecified atom stereocenters. The van der Waals surface area contributed by atoms with Crippen LogP contribution in [-0.4, -0.2) is 23.3 Å². The van der Waals surface area contributed by atoms with Gasteiger partial charge in [0, 0.05) is 24.3 Å². The molecule has 2 N–H and O–H groups in total. The summed E-state index contributed by atoms with van der Waals surface area (Å²) in [6.07, 6.45) is 0.957. The number of carbonyl (C=O) groups is 2. The second kappa shape index (κ2) is 12.5. The summed E-state index contributed by atoms with van der Waals surface area (Å²) < 4.78 is 0. The van der Waals surface area contributed by atoms with E-state index in [9.17, 15) is 9.59 Å². The van der Waals surface area contributed by atoms with Gasteiger partial charge in [0.2, 0.25) is 11.8 Å². The summed E-state index contributed by atoms with van der Waals surface area (Å²) in [5, 5.41) is 6.03. The van der Waals surface area contributed by atoms with Gasteiger partial charge in [-0.2, -0.15) is 0 Å². The Bertz CT molecular complexity index is 662. The van der Waals surface area contributed by atoms with Gasteiger partial charge in [-0.15, -0.1) is 0 Å². The molecule has 0 heterocycles. The lowest BCUT2D eigenvalue weighted by molar-refractivity contribution is -0.122. The fourth-order valence-electron chi connectivity index (χ4n) is 2.66. The highest BCUT2D eigenvalue weighted by Gasteiger charge is 2.10. The molecule has 2 amide bonds. The summed E-state index contributed by atoms with van der Waals surface area (Å²) in [7, 11) is 3.28. The van der Waals surface area contributed by atoms with Crippen molar-refractivity contribution in [3.63, 3.8) is 0 Å². The highest BCUT2D eigenvalue weighted by atomic mass is 33.1. The first-order chi connectivity index (χ1) is 13.6. The van der Waals surface area contributed by atoms with E-state index in [0.717, 1.165) is 22.6 Å². The van der Waals surface area contributed by atoms with Crippen molar-refractivity contribution < 1.29 is 9.59 Å². The number of carbonyl (C=O) groups excluding carboxylic acids is 2. The van der Waals surface area contributed by atoms with E-state index in [4.69, 9.17) is 0 Å². The van der Waals surface area contributed by atoms with E-state index in [2.05, 4.69) is 10.6 Å². The first kappa shape index (κ1) is 22.4. The van der Waals surface area contributed by atoms with Gasteiger partial charge >= 0.3 is 0 Å². The Kier molecular flexibility index (Phi) is 10.0. The van der Waals surface area contributed by atoms with Crippen LogP contribution in [0.3, 0.4) is 0 Å². The van der Waals surface area contributed by atoms with Crippen molar-refractivity contribution in [2.45, 2.75) is 38.8 Å². The van der Waals surface area contributed by atoms with Gasteiger partial charge < -0.3 is 10.6 Å². The van der Waals surface area contributed by atoms with Gasteiger partial charge in [0.25, 0.3) is 0 Å². The van der Waals surface area contributed by atoms with Gasteiger partial charge in [-0.3, -0.25) is 9.59 Å². The fraction of sp³-hybridized carbons (Fsp3) is 0.364. The molecule has 2 aromatic carbocycles. The van der Waals surface area contributed by atoms with Crippen molar-refractivity contribution in [2.75, 3.05) is 11.5 Å². The molecule has 0 bridgehead atoms. The van der Waals surface area contributed by atoms with Crippen molar-refractivity contribution in [3.8, 4) is 0 Å². The Balaban J connectivity index is 1.53. The van der Waals surface area contributed by atoms with E-state index in [1.807, 2.05) is 74.5 Å². The maximum Gasteiger partial charge on any atom is 0.221 e. The van der Waals surface area contributed by atoms with Crippen LogP contribution in [0.15, 0.2) is 60.7 Å². The average Bonchev–Trinajstić information content (AvgIpc) is 2.71. The van der Waals surface area contributed by atoms with Gasteiger partial charge in [-0.1, -0.05) is 82.3 Å². The molecule has 0 saturated carbocycles. The molecule has 0 aliphatic heterocycles. The largest absolute Gasteiger partial charge is 0.350 e.